The van der Waals surface area contributed by atoms with Crippen molar-refractivity contribution in [2.24, 2.45) is 0 Å². The number of aromatic nitrogens is 1. The quantitative estimate of drug-likeness (QED) is 0.772. The zero-order valence-electron chi connectivity index (χ0n) is 7.40. The Balaban J connectivity index is 2.96. The topological polar surface area (TPSA) is 32.9 Å². The van der Waals surface area contributed by atoms with Gasteiger partial charge in [-0.15, -0.1) is 0 Å². The molecule has 0 saturated carbocycles. The Labute approximate surface area is 87.9 Å². The largest absolute Gasteiger partial charge is 0.322 e. The van der Waals surface area contributed by atoms with Crippen molar-refractivity contribution in [1.82, 2.24) is 4.98 Å². The number of rotatable bonds is 0. The van der Waals surface area contributed by atoms with Crippen molar-refractivity contribution in [3.63, 3.8) is 0 Å². The first-order valence-electron chi connectivity index (χ1n) is 4.06. The summed E-state index contributed by atoms with van der Waals surface area (Å²) in [6, 6.07) is 4.61. The number of fused-ring (bicyclic) bond motifs is 1. The summed E-state index contributed by atoms with van der Waals surface area (Å²) in [5, 5.41) is 0.435. The van der Waals surface area contributed by atoms with Crippen LogP contribution in [0.25, 0.3) is 10.9 Å². The predicted molar refractivity (Wildman–Crippen MR) is 57.0 cm³/mol. The molecule has 2 nitrogen and oxygen atoms in total. The molecule has 4 heteroatoms. The maximum Gasteiger partial charge on any atom is 0.251 e. The van der Waals surface area contributed by atoms with Crippen LogP contribution in [0.4, 0.5) is 4.39 Å². The first-order chi connectivity index (χ1) is 6.58. The van der Waals surface area contributed by atoms with Crippen LogP contribution in [0.3, 0.4) is 0 Å². The summed E-state index contributed by atoms with van der Waals surface area (Å²) in [5.74, 6) is -0.339. The van der Waals surface area contributed by atoms with E-state index in [4.69, 9.17) is 0 Å². The summed E-state index contributed by atoms with van der Waals surface area (Å²) in [6.45, 7) is 1.65. The van der Waals surface area contributed by atoms with Gasteiger partial charge >= 0.3 is 0 Å². The Morgan fingerprint density at radius 1 is 1.36 bits per heavy atom. The average molecular weight is 256 g/mol. The van der Waals surface area contributed by atoms with Gasteiger partial charge in [-0.05, 0) is 25.1 Å². The fourth-order valence-corrected chi connectivity index (χ4v) is 1.77. The van der Waals surface area contributed by atoms with Gasteiger partial charge in [-0.3, -0.25) is 4.79 Å². The number of aromatic amines is 1. The van der Waals surface area contributed by atoms with Crippen LogP contribution >= 0.6 is 15.9 Å². The fourth-order valence-electron chi connectivity index (χ4n) is 1.34. The second kappa shape index (κ2) is 3.20. The smallest absolute Gasteiger partial charge is 0.251 e. The molecule has 0 atom stereocenters. The van der Waals surface area contributed by atoms with Crippen LogP contribution in [0.15, 0.2) is 27.5 Å². The van der Waals surface area contributed by atoms with E-state index >= 15 is 0 Å². The lowest BCUT2D eigenvalue weighted by Gasteiger charge is -2.01. The van der Waals surface area contributed by atoms with E-state index in [0.29, 0.717) is 20.9 Å². The van der Waals surface area contributed by atoms with Gasteiger partial charge in [0.05, 0.1) is 5.52 Å². The normalized spacial score (nSPS) is 10.8. The molecule has 0 aliphatic carbocycles. The van der Waals surface area contributed by atoms with Crippen LogP contribution in [-0.4, -0.2) is 4.98 Å². The van der Waals surface area contributed by atoms with Crippen molar-refractivity contribution in [2.75, 3.05) is 0 Å². The molecule has 72 valence electrons. The summed E-state index contributed by atoms with van der Waals surface area (Å²) >= 11 is 3.16. The minimum Gasteiger partial charge on any atom is -0.322 e. The third-order valence-electron chi connectivity index (χ3n) is 2.06. The van der Waals surface area contributed by atoms with E-state index in [1.165, 1.54) is 6.07 Å². The standard InChI is InChI=1S/C10H7BrFNO/c1-5-2-7-8(12)3-6(11)4-9(7)13-10(5)14/h2-4H,1H3,(H,13,14). The fraction of sp³-hybridized carbons (Fsp3) is 0.100. The van der Waals surface area contributed by atoms with E-state index in [1.54, 1.807) is 19.1 Å². The molecule has 1 aromatic heterocycles. The Hall–Kier alpha value is -1.16. The van der Waals surface area contributed by atoms with Crippen molar-refractivity contribution in [3.8, 4) is 0 Å². The molecule has 2 aromatic rings. The van der Waals surface area contributed by atoms with Gasteiger partial charge in [-0.1, -0.05) is 15.9 Å². The minimum absolute atomic E-state index is 0.185. The summed E-state index contributed by atoms with van der Waals surface area (Å²) in [5.41, 5.74) is 0.834. The lowest BCUT2D eigenvalue weighted by molar-refractivity contribution is 0.638. The average Bonchev–Trinajstić information content (AvgIpc) is 2.08. The predicted octanol–water partition coefficient (Wildman–Crippen LogP) is 2.74. The molecule has 0 amide bonds. The van der Waals surface area contributed by atoms with Crippen molar-refractivity contribution in [1.29, 1.82) is 0 Å². The SMILES string of the molecule is Cc1cc2c(F)cc(Br)cc2[nH]c1=O. The molecule has 1 heterocycles. The van der Waals surface area contributed by atoms with Gasteiger partial charge in [0.1, 0.15) is 5.82 Å². The molecule has 14 heavy (non-hydrogen) atoms. The van der Waals surface area contributed by atoms with Crippen LogP contribution in [0, 0.1) is 12.7 Å². The van der Waals surface area contributed by atoms with Gasteiger partial charge in [0, 0.05) is 15.4 Å². The van der Waals surface area contributed by atoms with Crippen molar-refractivity contribution < 1.29 is 4.39 Å². The molecule has 0 radical (unpaired) electrons. The number of H-pyrrole nitrogens is 1. The number of hydrogen-bond donors (Lipinski definition) is 1. The monoisotopic (exact) mass is 255 g/mol. The first kappa shape index (κ1) is 9.40. The molecule has 0 spiro atoms. The molecule has 0 saturated heterocycles. The van der Waals surface area contributed by atoms with Crippen LogP contribution in [0.2, 0.25) is 0 Å². The van der Waals surface area contributed by atoms with Gasteiger partial charge in [0.25, 0.3) is 5.56 Å². The number of aryl methyl sites for hydroxylation is 1. The molecule has 0 bridgehead atoms. The maximum absolute atomic E-state index is 13.4. The van der Waals surface area contributed by atoms with Gasteiger partial charge < -0.3 is 4.98 Å². The Morgan fingerprint density at radius 3 is 2.79 bits per heavy atom. The second-order valence-electron chi connectivity index (χ2n) is 3.13. The van der Waals surface area contributed by atoms with Crippen LogP contribution in [-0.2, 0) is 0 Å². The van der Waals surface area contributed by atoms with E-state index in [9.17, 15) is 9.18 Å². The zero-order valence-corrected chi connectivity index (χ0v) is 8.98. The van der Waals surface area contributed by atoms with Crippen molar-refractivity contribution in [2.45, 2.75) is 6.92 Å². The molecule has 0 aliphatic rings. The Morgan fingerprint density at radius 2 is 2.07 bits per heavy atom. The highest BCUT2D eigenvalue weighted by molar-refractivity contribution is 9.10. The van der Waals surface area contributed by atoms with Crippen LogP contribution < -0.4 is 5.56 Å². The molecular weight excluding hydrogens is 249 g/mol. The number of benzene rings is 1. The summed E-state index contributed by atoms with van der Waals surface area (Å²) in [7, 11) is 0. The summed E-state index contributed by atoms with van der Waals surface area (Å²) in [4.78, 5) is 13.9. The lowest BCUT2D eigenvalue weighted by atomic mass is 10.1. The van der Waals surface area contributed by atoms with Crippen LogP contribution in [0.1, 0.15) is 5.56 Å². The second-order valence-corrected chi connectivity index (χ2v) is 4.05. The number of halogens is 2. The number of hydrogen-bond acceptors (Lipinski definition) is 1. The highest BCUT2D eigenvalue weighted by atomic mass is 79.9. The van der Waals surface area contributed by atoms with Gasteiger partial charge in [-0.25, -0.2) is 4.39 Å². The Kier molecular flexibility index (Phi) is 2.15. The Bertz CT molecular complexity index is 562. The minimum atomic E-state index is -0.339. The van der Waals surface area contributed by atoms with Crippen LogP contribution in [0.5, 0.6) is 0 Å². The van der Waals surface area contributed by atoms with Gasteiger partial charge in [0.2, 0.25) is 0 Å². The van der Waals surface area contributed by atoms with E-state index in [-0.39, 0.29) is 11.4 Å². The van der Waals surface area contributed by atoms with E-state index in [1.807, 2.05) is 0 Å². The molecule has 0 unspecified atom stereocenters. The van der Waals surface area contributed by atoms with E-state index in [0.717, 1.165) is 0 Å². The summed E-state index contributed by atoms with van der Waals surface area (Å²) < 4.78 is 14.0. The molecule has 0 fully saturated rings. The van der Waals surface area contributed by atoms with E-state index < -0.39 is 0 Å². The maximum atomic E-state index is 13.4. The number of pyridine rings is 1. The molecule has 1 aromatic carbocycles. The van der Waals surface area contributed by atoms with E-state index in [2.05, 4.69) is 20.9 Å². The highest BCUT2D eigenvalue weighted by Gasteiger charge is 2.04. The van der Waals surface area contributed by atoms with Gasteiger partial charge in [-0.2, -0.15) is 0 Å². The lowest BCUT2D eigenvalue weighted by Crippen LogP contribution is -2.08. The molecular formula is C10H7BrFNO. The first-order valence-corrected chi connectivity index (χ1v) is 4.86. The number of nitrogens with one attached hydrogen (secondary N) is 1. The molecule has 0 aliphatic heterocycles. The molecule has 2 rings (SSSR count). The van der Waals surface area contributed by atoms with Crippen molar-refractivity contribution >= 4 is 26.8 Å². The highest BCUT2D eigenvalue weighted by Crippen LogP contribution is 2.21. The third-order valence-corrected chi connectivity index (χ3v) is 2.52. The van der Waals surface area contributed by atoms with Gasteiger partial charge in [0.15, 0.2) is 0 Å². The summed E-state index contributed by atoms with van der Waals surface area (Å²) in [6.07, 6.45) is 0. The third kappa shape index (κ3) is 1.46. The van der Waals surface area contributed by atoms with Crippen molar-refractivity contribution in [3.05, 3.63) is 44.4 Å². The zero-order chi connectivity index (χ0) is 10.3. The molecule has 1 N–H and O–H groups in total.